The Hall–Kier alpha value is -2.62. The number of oxime groups is 2. The van der Waals surface area contributed by atoms with Gasteiger partial charge in [0, 0.05) is 0 Å². The number of benzene rings is 2. The Labute approximate surface area is 131 Å². The van der Waals surface area contributed by atoms with Crippen LogP contribution in [0.5, 0.6) is 0 Å². The second kappa shape index (κ2) is 8.62. The van der Waals surface area contributed by atoms with Crippen LogP contribution in [-0.4, -0.2) is 24.6 Å². The van der Waals surface area contributed by atoms with Gasteiger partial charge in [0.2, 0.25) is 0 Å². The Balaban J connectivity index is 1.71. The Kier molecular flexibility index (Phi) is 6.18. The van der Waals surface area contributed by atoms with Gasteiger partial charge >= 0.3 is 0 Å². The lowest BCUT2D eigenvalue weighted by Crippen LogP contribution is -2.03. The van der Waals surface area contributed by atoms with Crippen LogP contribution in [0.2, 0.25) is 0 Å². The molecule has 22 heavy (non-hydrogen) atoms. The Morgan fingerprint density at radius 1 is 0.682 bits per heavy atom. The molecule has 2 aromatic carbocycles. The van der Waals surface area contributed by atoms with Crippen molar-refractivity contribution < 1.29 is 9.68 Å². The quantitative estimate of drug-likeness (QED) is 0.442. The zero-order chi connectivity index (χ0) is 15.6. The molecule has 4 heteroatoms. The van der Waals surface area contributed by atoms with Gasteiger partial charge < -0.3 is 9.68 Å². The summed E-state index contributed by atoms with van der Waals surface area (Å²) in [7, 11) is 0. The molecule has 4 nitrogen and oxygen atoms in total. The first kappa shape index (κ1) is 15.8. The van der Waals surface area contributed by atoms with E-state index in [1.807, 2.05) is 74.5 Å². The van der Waals surface area contributed by atoms with E-state index >= 15 is 0 Å². The van der Waals surface area contributed by atoms with Gasteiger partial charge in [-0.2, -0.15) is 0 Å². The summed E-state index contributed by atoms with van der Waals surface area (Å²) in [6, 6.07) is 19.8. The standard InChI is InChI=1S/C18H20N2O2/c1-15(17-9-5-3-6-10-17)19-21-13-14-22-20-16(2)18-11-7-4-8-12-18/h3-12H,13-14H2,1-2H3/b19-15-,20-16+. The van der Waals surface area contributed by atoms with E-state index < -0.39 is 0 Å². The number of hydrogen-bond donors (Lipinski definition) is 0. The van der Waals surface area contributed by atoms with Crippen LogP contribution in [0.1, 0.15) is 25.0 Å². The van der Waals surface area contributed by atoms with E-state index in [9.17, 15) is 0 Å². The average molecular weight is 296 g/mol. The van der Waals surface area contributed by atoms with E-state index in [1.165, 1.54) is 0 Å². The van der Waals surface area contributed by atoms with Crippen LogP contribution in [0.4, 0.5) is 0 Å². The molecule has 0 bridgehead atoms. The van der Waals surface area contributed by atoms with Crippen molar-refractivity contribution >= 4 is 11.4 Å². The minimum absolute atomic E-state index is 0.357. The van der Waals surface area contributed by atoms with Crippen molar-refractivity contribution in [3.63, 3.8) is 0 Å². The number of hydrogen-bond acceptors (Lipinski definition) is 4. The second-order valence-electron chi connectivity index (χ2n) is 4.75. The maximum absolute atomic E-state index is 5.23. The summed E-state index contributed by atoms with van der Waals surface area (Å²) in [4.78, 5) is 10.5. The molecule has 0 atom stereocenters. The molecule has 0 aliphatic rings. The molecule has 0 fully saturated rings. The third-order valence-electron chi connectivity index (χ3n) is 3.05. The fourth-order valence-electron chi connectivity index (χ4n) is 1.82. The molecule has 0 spiro atoms. The fraction of sp³-hybridized carbons (Fsp3) is 0.222. The van der Waals surface area contributed by atoms with Crippen molar-refractivity contribution in [2.24, 2.45) is 10.3 Å². The van der Waals surface area contributed by atoms with Gasteiger partial charge in [-0.3, -0.25) is 0 Å². The summed E-state index contributed by atoms with van der Waals surface area (Å²) in [6.07, 6.45) is 0. The predicted molar refractivity (Wildman–Crippen MR) is 89.2 cm³/mol. The zero-order valence-electron chi connectivity index (χ0n) is 12.9. The molecule has 2 rings (SSSR count). The van der Waals surface area contributed by atoms with Gasteiger partial charge in [0.05, 0.1) is 11.4 Å². The van der Waals surface area contributed by atoms with E-state index in [0.29, 0.717) is 13.2 Å². The Bertz CT molecular complexity index is 565. The summed E-state index contributed by atoms with van der Waals surface area (Å²) >= 11 is 0. The van der Waals surface area contributed by atoms with Gasteiger partial charge in [0.1, 0.15) is 0 Å². The molecule has 0 unspecified atom stereocenters. The van der Waals surface area contributed by atoms with Crippen molar-refractivity contribution in [1.82, 2.24) is 0 Å². The van der Waals surface area contributed by atoms with Crippen LogP contribution in [0, 0.1) is 0 Å². The lowest BCUT2D eigenvalue weighted by molar-refractivity contribution is 0.0540. The van der Waals surface area contributed by atoms with Crippen LogP contribution in [0.3, 0.4) is 0 Å². The highest BCUT2D eigenvalue weighted by molar-refractivity contribution is 5.98. The molecule has 2 aromatic rings. The Morgan fingerprint density at radius 2 is 1.05 bits per heavy atom. The van der Waals surface area contributed by atoms with Crippen molar-refractivity contribution in [3.8, 4) is 0 Å². The lowest BCUT2D eigenvalue weighted by Gasteiger charge is -2.03. The van der Waals surface area contributed by atoms with Crippen LogP contribution < -0.4 is 0 Å². The van der Waals surface area contributed by atoms with Gasteiger partial charge in [-0.05, 0) is 25.0 Å². The molecule has 0 saturated heterocycles. The van der Waals surface area contributed by atoms with Crippen LogP contribution in [-0.2, 0) is 9.68 Å². The molecular weight excluding hydrogens is 276 g/mol. The molecule has 0 saturated carbocycles. The number of nitrogens with zero attached hydrogens (tertiary/aromatic N) is 2. The minimum Gasteiger partial charge on any atom is -0.392 e. The van der Waals surface area contributed by atoms with Crippen LogP contribution >= 0.6 is 0 Å². The van der Waals surface area contributed by atoms with E-state index in [0.717, 1.165) is 22.6 Å². The molecule has 0 radical (unpaired) electrons. The van der Waals surface area contributed by atoms with Crippen molar-refractivity contribution in [1.29, 1.82) is 0 Å². The molecule has 0 heterocycles. The lowest BCUT2D eigenvalue weighted by atomic mass is 10.1. The normalized spacial score (nSPS) is 12.1. The highest BCUT2D eigenvalue weighted by Crippen LogP contribution is 2.02. The topological polar surface area (TPSA) is 43.2 Å². The summed E-state index contributed by atoms with van der Waals surface area (Å²) < 4.78 is 0. The zero-order valence-corrected chi connectivity index (χ0v) is 12.9. The van der Waals surface area contributed by atoms with Gasteiger partial charge in [-0.25, -0.2) is 0 Å². The summed E-state index contributed by atoms with van der Waals surface area (Å²) in [5, 5.41) is 8.11. The molecule has 114 valence electrons. The first-order chi connectivity index (χ1) is 10.8. The van der Waals surface area contributed by atoms with Crippen LogP contribution in [0.25, 0.3) is 0 Å². The molecule has 0 amide bonds. The SMILES string of the molecule is C/C(=N/OCCO/N=C(\C)c1ccccc1)c1ccccc1. The minimum atomic E-state index is 0.357. The number of rotatable bonds is 7. The first-order valence-electron chi connectivity index (χ1n) is 7.21. The van der Waals surface area contributed by atoms with Gasteiger partial charge in [-0.1, -0.05) is 71.0 Å². The fourth-order valence-corrected chi connectivity index (χ4v) is 1.82. The smallest absolute Gasteiger partial charge is 0.153 e. The maximum atomic E-state index is 5.23. The maximum Gasteiger partial charge on any atom is 0.153 e. The van der Waals surface area contributed by atoms with Crippen molar-refractivity contribution in [2.45, 2.75) is 13.8 Å². The van der Waals surface area contributed by atoms with E-state index in [-0.39, 0.29) is 0 Å². The van der Waals surface area contributed by atoms with Gasteiger partial charge in [-0.15, -0.1) is 0 Å². The monoisotopic (exact) mass is 296 g/mol. The Morgan fingerprint density at radius 3 is 1.41 bits per heavy atom. The van der Waals surface area contributed by atoms with Crippen molar-refractivity contribution in [3.05, 3.63) is 71.8 Å². The molecule has 0 aromatic heterocycles. The molecule has 0 aliphatic carbocycles. The molecular formula is C18H20N2O2. The van der Waals surface area contributed by atoms with Gasteiger partial charge in [0.25, 0.3) is 0 Å². The molecule has 0 N–H and O–H groups in total. The van der Waals surface area contributed by atoms with Crippen LogP contribution in [0.15, 0.2) is 71.0 Å². The highest BCUT2D eigenvalue weighted by Gasteiger charge is 1.97. The first-order valence-corrected chi connectivity index (χ1v) is 7.21. The van der Waals surface area contributed by atoms with Gasteiger partial charge in [0.15, 0.2) is 13.2 Å². The second-order valence-corrected chi connectivity index (χ2v) is 4.75. The highest BCUT2D eigenvalue weighted by atomic mass is 16.7. The van der Waals surface area contributed by atoms with E-state index in [4.69, 9.17) is 9.68 Å². The average Bonchev–Trinajstić information content (AvgIpc) is 2.59. The summed E-state index contributed by atoms with van der Waals surface area (Å²) in [5.41, 5.74) is 3.76. The summed E-state index contributed by atoms with van der Waals surface area (Å²) in [5.74, 6) is 0. The van der Waals surface area contributed by atoms with Crippen molar-refractivity contribution in [2.75, 3.05) is 13.2 Å². The van der Waals surface area contributed by atoms with E-state index in [2.05, 4.69) is 10.3 Å². The largest absolute Gasteiger partial charge is 0.392 e. The third kappa shape index (κ3) is 5.05. The third-order valence-corrected chi connectivity index (χ3v) is 3.05. The molecule has 0 aliphatic heterocycles. The predicted octanol–water partition coefficient (Wildman–Crippen LogP) is 3.87. The summed E-state index contributed by atoms with van der Waals surface area (Å²) in [6.45, 7) is 4.53. The van der Waals surface area contributed by atoms with E-state index in [1.54, 1.807) is 0 Å².